The summed E-state index contributed by atoms with van der Waals surface area (Å²) in [7, 11) is 0. The third-order valence-corrected chi connectivity index (χ3v) is 2.95. The summed E-state index contributed by atoms with van der Waals surface area (Å²) in [6.45, 7) is 0. The highest BCUT2D eigenvalue weighted by atomic mass is 127. The molecule has 0 aliphatic rings. The third kappa shape index (κ3) is 3.45. The van der Waals surface area contributed by atoms with Gasteiger partial charge in [-0.3, -0.25) is 0 Å². The summed E-state index contributed by atoms with van der Waals surface area (Å²) in [6, 6.07) is 12.4. The van der Waals surface area contributed by atoms with E-state index in [0.29, 0.717) is 14.9 Å². The van der Waals surface area contributed by atoms with Gasteiger partial charge in [0.2, 0.25) is 0 Å². The Bertz CT molecular complexity index is 617. The fourth-order valence-corrected chi connectivity index (χ4v) is 1.82. The van der Waals surface area contributed by atoms with E-state index in [1.54, 1.807) is 6.07 Å². The van der Waals surface area contributed by atoms with Gasteiger partial charge < -0.3 is 0 Å². The Hall–Kier alpha value is -1.59. The molecule has 5 heteroatoms. The Morgan fingerprint density at radius 2 is 1.56 bits per heavy atom. The highest BCUT2D eigenvalue weighted by molar-refractivity contribution is 14.1. The standard InChI is InChI=1S/C13H7F2IN2/c14-9-1-4-11(5-2-9)17-8-18-13-6-3-10(15)7-12(13)16/h1-7H. The number of hydrogen-bond acceptors (Lipinski definition) is 2. The monoisotopic (exact) mass is 356 g/mol. The lowest BCUT2D eigenvalue weighted by Gasteiger charge is -1.95. The van der Waals surface area contributed by atoms with Gasteiger partial charge in [0.25, 0.3) is 0 Å². The second-order valence-corrected chi connectivity index (χ2v) is 4.56. The summed E-state index contributed by atoms with van der Waals surface area (Å²) in [6.07, 6.45) is 0. The van der Waals surface area contributed by atoms with E-state index in [4.69, 9.17) is 0 Å². The Balaban J connectivity index is 2.22. The van der Waals surface area contributed by atoms with Crippen LogP contribution >= 0.6 is 22.6 Å². The normalized spacial score (nSPS) is 9.72. The van der Waals surface area contributed by atoms with Gasteiger partial charge in [0.1, 0.15) is 17.6 Å². The summed E-state index contributed by atoms with van der Waals surface area (Å²) < 4.78 is 26.2. The van der Waals surface area contributed by atoms with Crippen molar-refractivity contribution in [3.8, 4) is 0 Å². The van der Waals surface area contributed by atoms with Gasteiger partial charge >= 0.3 is 0 Å². The first-order valence-electron chi connectivity index (χ1n) is 5.02. The molecule has 18 heavy (non-hydrogen) atoms. The van der Waals surface area contributed by atoms with Crippen LogP contribution in [0.15, 0.2) is 52.4 Å². The van der Waals surface area contributed by atoms with E-state index < -0.39 is 0 Å². The molecule has 0 spiro atoms. The molecule has 0 unspecified atom stereocenters. The maximum atomic E-state index is 12.8. The lowest BCUT2D eigenvalue weighted by atomic mass is 10.3. The fraction of sp³-hybridized carbons (Fsp3) is 0. The molecule has 2 aromatic rings. The van der Waals surface area contributed by atoms with Crippen molar-refractivity contribution in [2.75, 3.05) is 0 Å². The molecule has 2 rings (SSSR count). The SMILES string of the molecule is Fc1ccc(N=C=Nc2ccc(F)cc2I)cc1. The third-order valence-electron chi connectivity index (χ3n) is 2.09. The second kappa shape index (κ2) is 5.84. The van der Waals surface area contributed by atoms with Gasteiger partial charge in [-0.05, 0) is 65.1 Å². The van der Waals surface area contributed by atoms with Crippen LogP contribution < -0.4 is 0 Å². The Morgan fingerprint density at radius 1 is 0.889 bits per heavy atom. The number of benzene rings is 2. The lowest BCUT2D eigenvalue weighted by molar-refractivity contribution is 0.627. The van der Waals surface area contributed by atoms with Crippen molar-refractivity contribution in [3.05, 3.63) is 57.7 Å². The average Bonchev–Trinajstić information content (AvgIpc) is 2.34. The van der Waals surface area contributed by atoms with Crippen LogP contribution in [-0.4, -0.2) is 6.01 Å². The number of rotatable bonds is 2. The maximum Gasteiger partial charge on any atom is 0.124 e. The van der Waals surface area contributed by atoms with Crippen molar-refractivity contribution in [1.82, 2.24) is 0 Å². The molecule has 0 saturated heterocycles. The van der Waals surface area contributed by atoms with Crippen LogP contribution in [0.25, 0.3) is 0 Å². The highest BCUT2D eigenvalue weighted by Crippen LogP contribution is 2.21. The van der Waals surface area contributed by atoms with Gasteiger partial charge in [-0.25, -0.2) is 8.78 Å². The number of nitrogens with zero attached hydrogens (tertiary/aromatic N) is 2. The van der Waals surface area contributed by atoms with Crippen LogP contribution in [0.3, 0.4) is 0 Å². The number of aliphatic imine (C=N–C) groups is 2. The van der Waals surface area contributed by atoms with E-state index in [1.165, 1.54) is 36.4 Å². The molecule has 0 aliphatic heterocycles. The predicted molar refractivity (Wildman–Crippen MR) is 74.7 cm³/mol. The smallest absolute Gasteiger partial charge is 0.124 e. The molecule has 0 amide bonds. The Labute approximate surface area is 116 Å². The molecule has 90 valence electrons. The first-order chi connectivity index (χ1) is 8.65. The molecule has 0 atom stereocenters. The molecule has 2 aromatic carbocycles. The van der Waals surface area contributed by atoms with Crippen molar-refractivity contribution in [2.24, 2.45) is 9.98 Å². The Morgan fingerprint density at radius 3 is 2.22 bits per heavy atom. The quantitative estimate of drug-likeness (QED) is 0.550. The van der Waals surface area contributed by atoms with E-state index in [9.17, 15) is 8.78 Å². The molecule has 0 bridgehead atoms. The largest absolute Gasteiger partial charge is 0.207 e. The zero-order chi connectivity index (χ0) is 13.0. The minimum atomic E-state index is -0.320. The summed E-state index contributed by atoms with van der Waals surface area (Å²) >= 11 is 1.98. The van der Waals surface area contributed by atoms with Gasteiger partial charge in [-0.2, -0.15) is 9.98 Å². The van der Waals surface area contributed by atoms with E-state index in [2.05, 4.69) is 16.0 Å². The highest BCUT2D eigenvalue weighted by Gasteiger charge is 1.98. The van der Waals surface area contributed by atoms with Crippen LogP contribution in [0.4, 0.5) is 20.2 Å². The van der Waals surface area contributed by atoms with E-state index >= 15 is 0 Å². The summed E-state index contributed by atoms with van der Waals surface area (Å²) in [5.41, 5.74) is 1.14. The van der Waals surface area contributed by atoms with Gasteiger partial charge in [-0.15, -0.1) is 0 Å². The zero-order valence-electron chi connectivity index (χ0n) is 9.07. The van der Waals surface area contributed by atoms with Crippen molar-refractivity contribution >= 4 is 40.0 Å². The van der Waals surface area contributed by atoms with Gasteiger partial charge in [0.15, 0.2) is 0 Å². The van der Waals surface area contributed by atoms with Gasteiger partial charge in [0, 0.05) is 3.57 Å². The summed E-state index contributed by atoms with van der Waals surface area (Å²) in [4.78, 5) is 7.91. The van der Waals surface area contributed by atoms with Gasteiger partial charge in [-0.1, -0.05) is 0 Å². The molecule has 0 fully saturated rings. The van der Waals surface area contributed by atoms with Crippen LogP contribution in [0.2, 0.25) is 0 Å². The average molecular weight is 356 g/mol. The second-order valence-electron chi connectivity index (χ2n) is 3.40. The first-order valence-corrected chi connectivity index (χ1v) is 6.10. The lowest BCUT2D eigenvalue weighted by Crippen LogP contribution is -1.76. The van der Waals surface area contributed by atoms with E-state index in [1.807, 2.05) is 22.6 Å². The Kier molecular flexibility index (Phi) is 4.17. The minimum absolute atomic E-state index is 0.311. The fourth-order valence-electron chi connectivity index (χ4n) is 1.22. The summed E-state index contributed by atoms with van der Waals surface area (Å²) in [5.74, 6) is -0.632. The molecule has 0 radical (unpaired) electrons. The molecule has 0 aromatic heterocycles. The molecule has 0 heterocycles. The molecular formula is C13H7F2IN2. The zero-order valence-corrected chi connectivity index (χ0v) is 11.2. The van der Waals surface area contributed by atoms with Crippen molar-refractivity contribution in [2.45, 2.75) is 0 Å². The molecule has 0 saturated carbocycles. The van der Waals surface area contributed by atoms with E-state index in [0.717, 1.165) is 0 Å². The maximum absolute atomic E-state index is 12.8. The van der Waals surface area contributed by atoms with Crippen LogP contribution in [-0.2, 0) is 0 Å². The minimum Gasteiger partial charge on any atom is -0.207 e. The van der Waals surface area contributed by atoms with Crippen LogP contribution in [0, 0.1) is 15.2 Å². The van der Waals surface area contributed by atoms with E-state index in [-0.39, 0.29) is 11.6 Å². The number of halogens is 3. The molecular weight excluding hydrogens is 349 g/mol. The van der Waals surface area contributed by atoms with Crippen molar-refractivity contribution in [3.63, 3.8) is 0 Å². The van der Waals surface area contributed by atoms with Crippen LogP contribution in [0.1, 0.15) is 0 Å². The van der Waals surface area contributed by atoms with Crippen molar-refractivity contribution < 1.29 is 8.78 Å². The molecule has 0 N–H and O–H groups in total. The van der Waals surface area contributed by atoms with Gasteiger partial charge in [0.05, 0.1) is 11.4 Å². The molecule has 2 nitrogen and oxygen atoms in total. The first kappa shape index (κ1) is 12.9. The van der Waals surface area contributed by atoms with Crippen molar-refractivity contribution in [1.29, 1.82) is 0 Å². The number of hydrogen-bond donors (Lipinski definition) is 0. The topological polar surface area (TPSA) is 24.7 Å². The molecule has 0 aliphatic carbocycles. The predicted octanol–water partition coefficient (Wildman–Crippen LogP) is 4.71. The van der Waals surface area contributed by atoms with Crippen LogP contribution in [0.5, 0.6) is 0 Å². The summed E-state index contributed by atoms with van der Waals surface area (Å²) in [5, 5.41) is 0.